The molecule has 3 aromatic heterocycles. The van der Waals surface area contributed by atoms with Crippen molar-refractivity contribution in [3.05, 3.63) is 44.7 Å². The molecule has 1 aliphatic heterocycles. The number of sulfonamides is 1. The highest BCUT2D eigenvalue weighted by atomic mass is 35.5. The van der Waals surface area contributed by atoms with Gasteiger partial charge >= 0.3 is 6.01 Å². The third-order valence-electron chi connectivity index (χ3n) is 4.47. The predicted octanol–water partition coefficient (Wildman–Crippen LogP) is 3.62. The fourth-order valence-corrected chi connectivity index (χ4v) is 7.10. The maximum Gasteiger partial charge on any atom is 0.322 e. The lowest BCUT2D eigenvalue weighted by Gasteiger charge is -2.32. The van der Waals surface area contributed by atoms with Gasteiger partial charge in [0.15, 0.2) is 0 Å². The molecule has 0 aromatic carbocycles. The Morgan fingerprint density at radius 3 is 2.90 bits per heavy atom. The molecule has 4 rings (SSSR count). The lowest BCUT2D eigenvalue weighted by Crippen LogP contribution is -2.49. The maximum absolute atomic E-state index is 13.0. The molecule has 1 unspecified atom stereocenters. The minimum Gasteiger partial charge on any atom is -0.407 e. The molecule has 1 aliphatic rings. The van der Waals surface area contributed by atoms with Crippen LogP contribution in [-0.4, -0.2) is 41.4 Å². The number of piperidine rings is 1. The molecule has 1 N–H and O–H groups in total. The number of carbonyl (C=O) groups is 1. The predicted molar refractivity (Wildman–Crippen MR) is 111 cm³/mol. The number of hydrogen-bond acceptors (Lipinski definition) is 8. The number of aromatic nitrogens is 2. The molecule has 0 saturated carbocycles. The Hall–Kier alpha value is -1.79. The summed E-state index contributed by atoms with van der Waals surface area (Å²) in [5, 5.41) is 12.3. The number of nitrogens with one attached hydrogen (secondary N) is 1. The number of hydrogen-bond donors (Lipinski definition) is 1. The maximum atomic E-state index is 13.0. The zero-order chi connectivity index (χ0) is 20.4. The van der Waals surface area contributed by atoms with E-state index in [1.54, 1.807) is 11.3 Å². The molecule has 1 fully saturated rings. The zero-order valence-electron chi connectivity index (χ0n) is 15.1. The van der Waals surface area contributed by atoms with Crippen LogP contribution >= 0.6 is 34.3 Å². The molecule has 4 heterocycles. The van der Waals surface area contributed by atoms with Gasteiger partial charge in [-0.25, -0.2) is 8.42 Å². The van der Waals surface area contributed by atoms with Crippen LogP contribution in [0.2, 0.25) is 4.34 Å². The first-order valence-electron chi connectivity index (χ1n) is 8.86. The molecular formula is C17H17ClN4O4S3. The molecule has 1 amide bonds. The van der Waals surface area contributed by atoms with Gasteiger partial charge in [0.2, 0.25) is 11.8 Å². The minimum absolute atomic E-state index is 0.0383. The van der Waals surface area contributed by atoms with E-state index in [2.05, 4.69) is 15.5 Å². The van der Waals surface area contributed by atoms with E-state index in [9.17, 15) is 13.2 Å². The van der Waals surface area contributed by atoms with Crippen LogP contribution in [0.25, 0.3) is 0 Å². The van der Waals surface area contributed by atoms with E-state index in [1.165, 1.54) is 16.4 Å². The van der Waals surface area contributed by atoms with Gasteiger partial charge in [-0.05, 0) is 36.4 Å². The summed E-state index contributed by atoms with van der Waals surface area (Å²) >= 11 is 8.44. The summed E-state index contributed by atoms with van der Waals surface area (Å²) in [4.78, 5) is 13.9. The second-order valence-electron chi connectivity index (χ2n) is 6.43. The average Bonchev–Trinajstić information content (AvgIpc) is 3.45. The first kappa shape index (κ1) is 20.5. The molecule has 0 bridgehead atoms. The molecule has 0 spiro atoms. The Morgan fingerprint density at radius 1 is 1.31 bits per heavy atom. The summed E-state index contributed by atoms with van der Waals surface area (Å²) in [7, 11) is -3.82. The van der Waals surface area contributed by atoms with Crippen molar-refractivity contribution in [1.29, 1.82) is 0 Å². The van der Waals surface area contributed by atoms with E-state index in [0.717, 1.165) is 22.6 Å². The monoisotopic (exact) mass is 472 g/mol. The molecule has 0 aliphatic carbocycles. The lowest BCUT2D eigenvalue weighted by molar-refractivity contribution is -0.120. The highest BCUT2D eigenvalue weighted by Crippen LogP contribution is 2.32. The summed E-state index contributed by atoms with van der Waals surface area (Å²) in [5.74, 6) is -0.105. The van der Waals surface area contributed by atoms with Gasteiger partial charge in [0, 0.05) is 11.4 Å². The smallest absolute Gasteiger partial charge is 0.322 e. The van der Waals surface area contributed by atoms with Crippen LogP contribution in [0.1, 0.15) is 30.0 Å². The van der Waals surface area contributed by atoms with E-state index in [4.69, 9.17) is 16.0 Å². The second kappa shape index (κ2) is 8.52. The van der Waals surface area contributed by atoms with Crippen molar-refractivity contribution in [3.63, 3.8) is 0 Å². The van der Waals surface area contributed by atoms with Gasteiger partial charge in [0.05, 0.1) is 10.8 Å². The Labute approximate surface area is 180 Å². The summed E-state index contributed by atoms with van der Waals surface area (Å²) < 4.78 is 33.2. The van der Waals surface area contributed by atoms with Gasteiger partial charge in [0.1, 0.15) is 10.3 Å². The number of amides is 1. The normalized spacial score (nSPS) is 18.0. The first-order chi connectivity index (χ1) is 13.9. The minimum atomic E-state index is -3.82. The number of rotatable bonds is 6. The van der Waals surface area contributed by atoms with E-state index < -0.39 is 22.0 Å². The number of carbonyl (C=O) groups excluding carboxylic acids is 1. The number of anilines is 1. The number of nitrogens with zero attached hydrogens (tertiary/aromatic N) is 3. The van der Waals surface area contributed by atoms with Crippen LogP contribution in [0.3, 0.4) is 0 Å². The van der Waals surface area contributed by atoms with Crippen molar-refractivity contribution < 1.29 is 17.6 Å². The summed E-state index contributed by atoms with van der Waals surface area (Å²) in [6.45, 7) is 0.267. The highest BCUT2D eigenvalue weighted by Gasteiger charge is 2.38. The van der Waals surface area contributed by atoms with Crippen LogP contribution < -0.4 is 5.32 Å². The van der Waals surface area contributed by atoms with Crippen molar-refractivity contribution in [2.24, 2.45) is 0 Å². The third kappa shape index (κ3) is 4.53. The Kier molecular flexibility index (Phi) is 6.02. The van der Waals surface area contributed by atoms with Gasteiger partial charge in [-0.15, -0.1) is 27.8 Å². The van der Waals surface area contributed by atoms with Crippen LogP contribution in [0.15, 0.2) is 38.3 Å². The summed E-state index contributed by atoms with van der Waals surface area (Å²) in [6.07, 6.45) is 2.33. The zero-order valence-corrected chi connectivity index (χ0v) is 18.3. The second-order valence-corrected chi connectivity index (χ2v) is 11.3. The molecule has 154 valence electrons. The molecule has 8 nitrogen and oxygen atoms in total. The van der Waals surface area contributed by atoms with Crippen LogP contribution in [0.5, 0.6) is 0 Å². The molecular weight excluding hydrogens is 456 g/mol. The van der Waals surface area contributed by atoms with Crippen molar-refractivity contribution in [2.75, 3.05) is 11.9 Å². The van der Waals surface area contributed by atoms with Crippen molar-refractivity contribution in [2.45, 2.75) is 35.9 Å². The van der Waals surface area contributed by atoms with Crippen molar-refractivity contribution in [3.8, 4) is 0 Å². The molecule has 1 atom stereocenters. The summed E-state index contributed by atoms with van der Waals surface area (Å²) in [6, 6.07) is 5.99. The van der Waals surface area contributed by atoms with Gasteiger partial charge < -0.3 is 4.42 Å². The fourth-order valence-electron chi connectivity index (χ4n) is 3.13. The van der Waals surface area contributed by atoms with E-state index in [0.29, 0.717) is 29.5 Å². The van der Waals surface area contributed by atoms with Gasteiger partial charge in [-0.3, -0.25) is 10.1 Å². The third-order valence-corrected chi connectivity index (χ3v) is 8.95. The fraction of sp³-hybridized carbons (Fsp3) is 0.353. The quantitative estimate of drug-likeness (QED) is 0.587. The SMILES string of the molecule is O=C(Nc1nnc(Cc2cccs2)o1)C1CCCCN1S(=O)(=O)c1ccc(Cl)s1. The van der Waals surface area contributed by atoms with Gasteiger partial charge in [0.25, 0.3) is 10.0 Å². The van der Waals surface area contributed by atoms with Crippen LogP contribution in [0, 0.1) is 0 Å². The summed E-state index contributed by atoms with van der Waals surface area (Å²) in [5.41, 5.74) is 0. The van der Waals surface area contributed by atoms with E-state index >= 15 is 0 Å². The van der Waals surface area contributed by atoms with Crippen molar-refractivity contribution in [1.82, 2.24) is 14.5 Å². The Morgan fingerprint density at radius 2 is 2.17 bits per heavy atom. The molecule has 29 heavy (non-hydrogen) atoms. The standard InChI is InChI=1S/C17H17ClN4O4S3/c18-13-6-7-15(28-13)29(24,25)22-8-2-1-5-12(22)16(23)19-17-21-20-14(26-17)10-11-4-3-9-27-11/h3-4,6-7,9,12H,1-2,5,8,10H2,(H,19,21,23). The Bertz CT molecular complexity index is 1090. The van der Waals surface area contributed by atoms with Crippen LogP contribution in [0.4, 0.5) is 6.01 Å². The van der Waals surface area contributed by atoms with Gasteiger partial charge in [-0.2, -0.15) is 4.31 Å². The van der Waals surface area contributed by atoms with Crippen LogP contribution in [-0.2, 0) is 21.2 Å². The molecule has 0 radical (unpaired) electrons. The number of thiophene rings is 2. The first-order valence-corrected chi connectivity index (χ1v) is 12.4. The average molecular weight is 473 g/mol. The van der Waals surface area contributed by atoms with E-state index in [1.807, 2.05) is 17.5 Å². The highest BCUT2D eigenvalue weighted by molar-refractivity contribution is 7.91. The lowest BCUT2D eigenvalue weighted by atomic mass is 10.0. The topological polar surface area (TPSA) is 105 Å². The van der Waals surface area contributed by atoms with Crippen molar-refractivity contribution >= 4 is 56.2 Å². The molecule has 12 heteroatoms. The molecule has 1 saturated heterocycles. The van der Waals surface area contributed by atoms with E-state index in [-0.39, 0.29) is 16.8 Å². The number of halogens is 1. The Balaban J connectivity index is 1.48. The molecule has 3 aromatic rings. The van der Waals surface area contributed by atoms with Gasteiger partial charge in [-0.1, -0.05) is 29.2 Å². The largest absolute Gasteiger partial charge is 0.407 e.